The first-order valence-corrected chi connectivity index (χ1v) is 6.59. The maximum absolute atomic E-state index is 11.0. The zero-order valence-electron chi connectivity index (χ0n) is 11.2. The van der Waals surface area contributed by atoms with Gasteiger partial charge in [-0.1, -0.05) is 0 Å². The molecule has 1 N–H and O–H groups in total. The number of aromatic nitrogens is 2. The molecule has 3 rings (SSSR count). The molecule has 0 amide bonds. The fourth-order valence-electron chi connectivity index (χ4n) is 2.41. The van der Waals surface area contributed by atoms with E-state index in [1.807, 2.05) is 0 Å². The van der Waals surface area contributed by atoms with Crippen LogP contribution in [0.25, 0.3) is 10.9 Å². The summed E-state index contributed by atoms with van der Waals surface area (Å²) in [6.07, 6.45) is 2.21. The van der Waals surface area contributed by atoms with Crippen molar-refractivity contribution in [2.24, 2.45) is 7.05 Å². The molecule has 1 saturated heterocycles. The zero-order valence-corrected chi connectivity index (χ0v) is 11.2. The van der Waals surface area contributed by atoms with Crippen molar-refractivity contribution in [2.45, 2.75) is 18.9 Å². The summed E-state index contributed by atoms with van der Waals surface area (Å²) in [6, 6.07) is 4.89. The van der Waals surface area contributed by atoms with Gasteiger partial charge in [0.15, 0.2) is 0 Å². The number of hydrogen-bond acceptors (Lipinski definition) is 4. The van der Waals surface area contributed by atoms with Crippen molar-refractivity contribution in [3.8, 4) is 5.88 Å². The third kappa shape index (κ3) is 2.34. The van der Waals surface area contributed by atoms with Gasteiger partial charge in [-0.25, -0.2) is 4.79 Å². The molecule has 6 nitrogen and oxygen atoms in total. The highest BCUT2D eigenvalue weighted by Crippen LogP contribution is 2.26. The molecule has 106 valence electrons. The number of rotatable bonds is 4. The highest BCUT2D eigenvalue weighted by atomic mass is 16.5. The van der Waals surface area contributed by atoms with Crippen molar-refractivity contribution in [2.75, 3.05) is 13.2 Å². The van der Waals surface area contributed by atoms with Crippen LogP contribution in [-0.4, -0.2) is 40.2 Å². The molecule has 2 aromatic rings. The van der Waals surface area contributed by atoms with Gasteiger partial charge in [-0.2, -0.15) is 0 Å². The number of carboxylic acids is 1. The van der Waals surface area contributed by atoms with E-state index in [0.29, 0.717) is 12.5 Å². The quantitative estimate of drug-likeness (QED) is 0.922. The van der Waals surface area contributed by atoms with Crippen molar-refractivity contribution < 1.29 is 19.4 Å². The highest BCUT2D eigenvalue weighted by Gasteiger charge is 2.18. The highest BCUT2D eigenvalue weighted by molar-refractivity contribution is 5.94. The normalized spacial score (nSPS) is 18.6. The van der Waals surface area contributed by atoms with E-state index in [2.05, 4.69) is 5.10 Å². The molecule has 0 spiro atoms. The summed E-state index contributed by atoms with van der Waals surface area (Å²) in [4.78, 5) is 11.0. The van der Waals surface area contributed by atoms with Crippen molar-refractivity contribution in [3.05, 3.63) is 23.8 Å². The zero-order chi connectivity index (χ0) is 14.1. The fourth-order valence-corrected chi connectivity index (χ4v) is 2.41. The van der Waals surface area contributed by atoms with Crippen LogP contribution in [-0.2, 0) is 11.8 Å². The molecule has 0 aliphatic carbocycles. The molecule has 0 radical (unpaired) electrons. The second-order valence-electron chi connectivity index (χ2n) is 4.91. The van der Waals surface area contributed by atoms with Crippen LogP contribution in [0.4, 0.5) is 0 Å². The van der Waals surface area contributed by atoms with Crippen molar-refractivity contribution in [1.29, 1.82) is 0 Å². The summed E-state index contributed by atoms with van der Waals surface area (Å²) in [7, 11) is 1.77. The third-order valence-electron chi connectivity index (χ3n) is 3.49. The SMILES string of the molecule is Cn1nc(OC[C@H]2CCCO2)c2ccc(C(=O)O)cc21. The fraction of sp³-hybridized carbons (Fsp3) is 0.429. The molecule has 1 aliphatic heterocycles. The van der Waals surface area contributed by atoms with Gasteiger partial charge in [0.2, 0.25) is 5.88 Å². The van der Waals surface area contributed by atoms with Crippen LogP contribution in [0, 0.1) is 0 Å². The number of carboxylic acid groups (broad SMARTS) is 1. The lowest BCUT2D eigenvalue weighted by molar-refractivity contribution is 0.0666. The molecule has 0 unspecified atom stereocenters. The predicted molar refractivity (Wildman–Crippen MR) is 72.1 cm³/mol. The Kier molecular flexibility index (Phi) is 3.31. The minimum atomic E-state index is -0.949. The first-order chi connectivity index (χ1) is 9.65. The molecular weight excluding hydrogens is 260 g/mol. The Balaban J connectivity index is 1.85. The second-order valence-corrected chi connectivity index (χ2v) is 4.91. The van der Waals surface area contributed by atoms with Crippen LogP contribution in [0.2, 0.25) is 0 Å². The molecule has 1 aromatic heterocycles. The average Bonchev–Trinajstić information content (AvgIpc) is 3.05. The lowest BCUT2D eigenvalue weighted by Gasteiger charge is -2.09. The van der Waals surface area contributed by atoms with E-state index in [9.17, 15) is 4.79 Å². The number of ether oxygens (including phenoxy) is 2. The molecule has 1 fully saturated rings. The average molecular weight is 276 g/mol. The monoisotopic (exact) mass is 276 g/mol. The number of hydrogen-bond donors (Lipinski definition) is 1. The Labute approximate surface area is 115 Å². The smallest absolute Gasteiger partial charge is 0.335 e. The Morgan fingerprint density at radius 3 is 3.15 bits per heavy atom. The van der Waals surface area contributed by atoms with Crippen LogP contribution in [0.5, 0.6) is 5.88 Å². The van der Waals surface area contributed by atoms with Crippen LogP contribution in [0.15, 0.2) is 18.2 Å². The van der Waals surface area contributed by atoms with Gasteiger partial charge in [0.05, 0.1) is 22.6 Å². The summed E-state index contributed by atoms with van der Waals surface area (Å²) in [6.45, 7) is 1.27. The van der Waals surface area contributed by atoms with Gasteiger partial charge < -0.3 is 14.6 Å². The Morgan fingerprint density at radius 2 is 2.45 bits per heavy atom. The van der Waals surface area contributed by atoms with Gasteiger partial charge in [-0.15, -0.1) is 5.10 Å². The van der Waals surface area contributed by atoms with E-state index in [4.69, 9.17) is 14.6 Å². The third-order valence-corrected chi connectivity index (χ3v) is 3.49. The minimum absolute atomic E-state index is 0.130. The van der Waals surface area contributed by atoms with E-state index in [1.54, 1.807) is 29.9 Å². The van der Waals surface area contributed by atoms with Gasteiger partial charge >= 0.3 is 5.97 Å². The van der Waals surface area contributed by atoms with E-state index in [0.717, 1.165) is 30.4 Å². The molecule has 6 heteroatoms. The number of aryl methyl sites for hydroxylation is 1. The van der Waals surface area contributed by atoms with Gasteiger partial charge in [0.25, 0.3) is 0 Å². The minimum Gasteiger partial charge on any atom is -0.478 e. The van der Waals surface area contributed by atoms with Crippen molar-refractivity contribution >= 4 is 16.9 Å². The van der Waals surface area contributed by atoms with E-state index < -0.39 is 5.97 Å². The number of fused-ring (bicyclic) bond motifs is 1. The van der Waals surface area contributed by atoms with Crippen molar-refractivity contribution in [1.82, 2.24) is 9.78 Å². The summed E-state index contributed by atoms with van der Waals surface area (Å²) in [5.41, 5.74) is 0.985. The Morgan fingerprint density at radius 1 is 1.60 bits per heavy atom. The summed E-state index contributed by atoms with van der Waals surface area (Å²) in [5, 5.41) is 14.1. The molecule has 1 aliphatic rings. The first kappa shape index (κ1) is 12.9. The Hall–Kier alpha value is -2.08. The van der Waals surface area contributed by atoms with Crippen LogP contribution in [0.1, 0.15) is 23.2 Å². The summed E-state index contributed by atoms with van der Waals surface area (Å²) >= 11 is 0. The van der Waals surface area contributed by atoms with E-state index in [1.165, 1.54) is 0 Å². The molecule has 1 atom stereocenters. The van der Waals surface area contributed by atoms with E-state index >= 15 is 0 Å². The van der Waals surface area contributed by atoms with Crippen LogP contribution in [0.3, 0.4) is 0 Å². The second kappa shape index (κ2) is 5.13. The maximum Gasteiger partial charge on any atom is 0.335 e. The Bertz CT molecular complexity index is 644. The molecule has 0 saturated carbocycles. The van der Waals surface area contributed by atoms with Gasteiger partial charge in [0.1, 0.15) is 6.61 Å². The summed E-state index contributed by atoms with van der Waals surface area (Å²) in [5.74, 6) is -0.426. The molecule has 20 heavy (non-hydrogen) atoms. The molecule has 2 heterocycles. The van der Waals surface area contributed by atoms with Gasteiger partial charge in [-0.3, -0.25) is 4.68 Å². The number of nitrogens with zero attached hydrogens (tertiary/aromatic N) is 2. The number of aromatic carboxylic acids is 1. The van der Waals surface area contributed by atoms with Gasteiger partial charge in [-0.05, 0) is 31.0 Å². The van der Waals surface area contributed by atoms with Crippen molar-refractivity contribution in [3.63, 3.8) is 0 Å². The first-order valence-electron chi connectivity index (χ1n) is 6.59. The maximum atomic E-state index is 11.0. The molecule has 1 aromatic carbocycles. The standard InChI is InChI=1S/C14H16N2O4/c1-16-12-7-9(14(17)18)4-5-11(12)13(15-16)20-8-10-3-2-6-19-10/h4-5,7,10H,2-3,6,8H2,1H3,(H,17,18)/t10-/m1/s1. The largest absolute Gasteiger partial charge is 0.478 e. The predicted octanol–water partition coefficient (Wildman–Crippen LogP) is 1.83. The lowest BCUT2D eigenvalue weighted by atomic mass is 10.1. The summed E-state index contributed by atoms with van der Waals surface area (Å²) < 4.78 is 12.9. The van der Waals surface area contributed by atoms with Crippen LogP contribution < -0.4 is 4.74 Å². The topological polar surface area (TPSA) is 73.6 Å². The lowest BCUT2D eigenvalue weighted by Crippen LogP contribution is -2.16. The number of carbonyl (C=O) groups is 1. The molecule has 0 bridgehead atoms. The van der Waals surface area contributed by atoms with Crippen LogP contribution >= 0.6 is 0 Å². The molecular formula is C14H16N2O4. The number of benzene rings is 1. The van der Waals surface area contributed by atoms with Gasteiger partial charge in [0, 0.05) is 13.7 Å². The van der Waals surface area contributed by atoms with E-state index in [-0.39, 0.29) is 11.7 Å².